The Morgan fingerprint density at radius 1 is 1.21 bits per heavy atom. The number of aryl methyl sites for hydroxylation is 1. The van der Waals surface area contributed by atoms with Crippen molar-refractivity contribution < 1.29 is 4.74 Å². The summed E-state index contributed by atoms with van der Waals surface area (Å²) in [5, 5.41) is 3.86. The maximum absolute atomic E-state index is 5.34. The quantitative estimate of drug-likeness (QED) is 0.832. The average Bonchev–Trinajstić information content (AvgIpc) is 2.48. The summed E-state index contributed by atoms with van der Waals surface area (Å²) in [6, 6.07) is 7.75. The highest BCUT2D eigenvalue weighted by molar-refractivity contribution is 5.39. The smallest absolute Gasteiger partial charge is 0.119 e. The van der Waals surface area contributed by atoms with Gasteiger partial charge >= 0.3 is 0 Å². The van der Waals surface area contributed by atoms with Gasteiger partial charge in [-0.1, -0.05) is 18.2 Å². The molecule has 3 rings (SSSR count). The summed E-state index contributed by atoms with van der Waals surface area (Å²) in [5.74, 6) is 0.986. The van der Waals surface area contributed by atoms with E-state index >= 15 is 0 Å². The van der Waals surface area contributed by atoms with Gasteiger partial charge in [-0.15, -0.1) is 0 Å². The topological polar surface area (TPSA) is 21.3 Å². The second-order valence-electron chi connectivity index (χ2n) is 5.66. The van der Waals surface area contributed by atoms with E-state index in [4.69, 9.17) is 4.74 Å². The maximum atomic E-state index is 5.34. The van der Waals surface area contributed by atoms with Gasteiger partial charge in [0.2, 0.25) is 0 Å². The normalized spacial score (nSPS) is 25.9. The van der Waals surface area contributed by atoms with Crippen LogP contribution in [0.25, 0.3) is 0 Å². The Kier molecular flexibility index (Phi) is 3.88. The van der Waals surface area contributed by atoms with Crippen molar-refractivity contribution in [1.82, 2.24) is 5.32 Å². The van der Waals surface area contributed by atoms with Gasteiger partial charge < -0.3 is 10.1 Å². The predicted octanol–water partition coefficient (Wildman–Crippen LogP) is 3.77. The molecule has 2 atom stereocenters. The first-order valence-corrected chi connectivity index (χ1v) is 7.44. The van der Waals surface area contributed by atoms with Crippen molar-refractivity contribution in [2.75, 3.05) is 7.11 Å². The van der Waals surface area contributed by atoms with Crippen LogP contribution >= 0.6 is 0 Å². The lowest BCUT2D eigenvalue weighted by Gasteiger charge is -2.31. The number of methoxy groups -OCH3 is 1. The summed E-state index contributed by atoms with van der Waals surface area (Å²) in [4.78, 5) is 0. The fraction of sp³-hybridized carbons (Fsp3) is 0.529. The molecule has 0 bridgehead atoms. The van der Waals surface area contributed by atoms with Crippen LogP contribution in [-0.4, -0.2) is 13.2 Å². The third-order valence-electron chi connectivity index (χ3n) is 4.37. The van der Waals surface area contributed by atoms with Crippen LogP contribution in [0.1, 0.15) is 49.3 Å². The van der Waals surface area contributed by atoms with Crippen LogP contribution < -0.4 is 10.1 Å². The number of ether oxygens (including phenoxy) is 1. The Balaban J connectivity index is 1.76. The number of hydrogen-bond acceptors (Lipinski definition) is 2. The largest absolute Gasteiger partial charge is 0.497 e. The van der Waals surface area contributed by atoms with Gasteiger partial charge in [0.25, 0.3) is 0 Å². The number of rotatable bonds is 3. The van der Waals surface area contributed by atoms with Crippen molar-refractivity contribution in [1.29, 1.82) is 0 Å². The Bertz CT molecular complexity index is 466. The Labute approximate surface area is 115 Å². The van der Waals surface area contributed by atoms with Gasteiger partial charge in [0.15, 0.2) is 0 Å². The summed E-state index contributed by atoms with van der Waals surface area (Å²) in [6.45, 7) is 0. The molecule has 2 unspecified atom stereocenters. The van der Waals surface area contributed by atoms with E-state index in [0.29, 0.717) is 12.1 Å². The Morgan fingerprint density at radius 3 is 2.95 bits per heavy atom. The molecular formula is C17H23NO. The minimum absolute atomic E-state index is 0.533. The molecule has 19 heavy (non-hydrogen) atoms. The van der Waals surface area contributed by atoms with Crippen LogP contribution in [0.5, 0.6) is 5.75 Å². The molecule has 2 nitrogen and oxygen atoms in total. The van der Waals surface area contributed by atoms with E-state index in [-0.39, 0.29) is 0 Å². The SMILES string of the molecule is COc1ccc2c(c1)CCCC2NC1CC=CCC1. The molecule has 1 N–H and O–H groups in total. The molecule has 1 aromatic rings. The fourth-order valence-corrected chi connectivity index (χ4v) is 3.32. The van der Waals surface area contributed by atoms with E-state index in [0.717, 1.165) is 5.75 Å². The molecule has 1 aromatic carbocycles. The molecule has 2 aliphatic carbocycles. The summed E-state index contributed by atoms with van der Waals surface area (Å²) in [5.41, 5.74) is 2.95. The lowest BCUT2D eigenvalue weighted by atomic mass is 9.86. The van der Waals surface area contributed by atoms with Gasteiger partial charge in [0.05, 0.1) is 7.11 Å². The van der Waals surface area contributed by atoms with Crippen LogP contribution in [0, 0.1) is 0 Å². The molecule has 2 heteroatoms. The summed E-state index contributed by atoms with van der Waals surface area (Å²) >= 11 is 0. The molecule has 0 spiro atoms. The first-order chi connectivity index (χ1) is 9.36. The number of fused-ring (bicyclic) bond motifs is 1. The molecule has 0 aromatic heterocycles. The Hall–Kier alpha value is -1.28. The summed E-state index contributed by atoms with van der Waals surface area (Å²) < 4.78 is 5.34. The molecule has 0 radical (unpaired) electrons. The highest BCUT2D eigenvalue weighted by Crippen LogP contribution is 2.33. The van der Waals surface area contributed by atoms with Crippen LogP contribution in [0.3, 0.4) is 0 Å². The van der Waals surface area contributed by atoms with Crippen molar-refractivity contribution in [2.24, 2.45) is 0 Å². The van der Waals surface area contributed by atoms with Crippen molar-refractivity contribution >= 4 is 0 Å². The van der Waals surface area contributed by atoms with Crippen LogP contribution in [0.4, 0.5) is 0 Å². The molecule has 0 amide bonds. The standard InChI is InChI=1S/C17H23NO/c1-19-15-10-11-16-13(12-15)6-5-9-17(16)18-14-7-3-2-4-8-14/h2-3,10-12,14,17-18H,4-9H2,1H3. The summed E-state index contributed by atoms with van der Waals surface area (Å²) in [7, 11) is 1.74. The number of nitrogens with one attached hydrogen (secondary N) is 1. The molecule has 0 saturated carbocycles. The lowest BCUT2D eigenvalue weighted by molar-refractivity contribution is 0.373. The van der Waals surface area contributed by atoms with Gasteiger partial charge in [-0.25, -0.2) is 0 Å². The highest BCUT2D eigenvalue weighted by Gasteiger charge is 2.23. The van der Waals surface area contributed by atoms with Crippen molar-refractivity contribution in [3.8, 4) is 5.75 Å². The van der Waals surface area contributed by atoms with Gasteiger partial charge in [-0.2, -0.15) is 0 Å². The second kappa shape index (κ2) is 5.79. The zero-order chi connectivity index (χ0) is 13.1. The minimum Gasteiger partial charge on any atom is -0.497 e. The molecule has 2 aliphatic rings. The molecule has 0 saturated heterocycles. The van der Waals surface area contributed by atoms with Gasteiger partial charge in [0.1, 0.15) is 5.75 Å². The van der Waals surface area contributed by atoms with E-state index in [2.05, 4.69) is 35.7 Å². The monoisotopic (exact) mass is 257 g/mol. The molecule has 0 heterocycles. The first kappa shape index (κ1) is 12.7. The molecular weight excluding hydrogens is 234 g/mol. The van der Waals surface area contributed by atoms with Crippen LogP contribution in [-0.2, 0) is 6.42 Å². The third kappa shape index (κ3) is 2.84. The predicted molar refractivity (Wildman–Crippen MR) is 78.6 cm³/mol. The second-order valence-corrected chi connectivity index (χ2v) is 5.66. The zero-order valence-electron chi connectivity index (χ0n) is 11.7. The average molecular weight is 257 g/mol. The van der Waals surface area contributed by atoms with E-state index < -0.39 is 0 Å². The van der Waals surface area contributed by atoms with E-state index in [1.807, 2.05) is 0 Å². The zero-order valence-corrected chi connectivity index (χ0v) is 11.7. The molecule has 0 aliphatic heterocycles. The van der Waals surface area contributed by atoms with Crippen LogP contribution in [0.15, 0.2) is 30.4 Å². The number of allylic oxidation sites excluding steroid dienone is 1. The lowest BCUT2D eigenvalue weighted by Crippen LogP contribution is -2.35. The number of benzene rings is 1. The third-order valence-corrected chi connectivity index (χ3v) is 4.37. The Morgan fingerprint density at radius 2 is 2.16 bits per heavy atom. The van der Waals surface area contributed by atoms with E-state index in [1.54, 1.807) is 7.11 Å². The molecule has 0 fully saturated rings. The van der Waals surface area contributed by atoms with Gasteiger partial charge in [-0.05, 0) is 61.8 Å². The summed E-state index contributed by atoms with van der Waals surface area (Å²) in [6.07, 6.45) is 12.0. The molecule has 102 valence electrons. The van der Waals surface area contributed by atoms with Crippen LogP contribution in [0.2, 0.25) is 0 Å². The number of hydrogen-bond donors (Lipinski definition) is 1. The van der Waals surface area contributed by atoms with E-state index in [1.165, 1.54) is 49.7 Å². The maximum Gasteiger partial charge on any atom is 0.119 e. The minimum atomic E-state index is 0.533. The van der Waals surface area contributed by atoms with Crippen molar-refractivity contribution in [3.63, 3.8) is 0 Å². The van der Waals surface area contributed by atoms with Gasteiger partial charge in [-0.3, -0.25) is 0 Å². The van der Waals surface area contributed by atoms with Crippen molar-refractivity contribution in [2.45, 2.75) is 50.6 Å². The van der Waals surface area contributed by atoms with E-state index in [9.17, 15) is 0 Å². The fourth-order valence-electron chi connectivity index (χ4n) is 3.32. The first-order valence-electron chi connectivity index (χ1n) is 7.44. The van der Waals surface area contributed by atoms with Crippen molar-refractivity contribution in [3.05, 3.63) is 41.5 Å². The van der Waals surface area contributed by atoms with Gasteiger partial charge in [0, 0.05) is 12.1 Å². The highest BCUT2D eigenvalue weighted by atomic mass is 16.5.